The Morgan fingerprint density at radius 2 is 1.21 bits per heavy atom. The van der Waals surface area contributed by atoms with Crippen LogP contribution in [0.25, 0.3) is 0 Å². The minimum absolute atomic E-state index is 0.486. The average Bonchev–Trinajstić information content (AvgIpc) is 2.46. The van der Waals surface area contributed by atoms with Crippen LogP contribution < -0.4 is 4.90 Å². The van der Waals surface area contributed by atoms with Crippen LogP contribution in [0.3, 0.4) is 0 Å². The van der Waals surface area contributed by atoms with Crippen molar-refractivity contribution < 1.29 is 0 Å². The van der Waals surface area contributed by atoms with Crippen LogP contribution in [-0.4, -0.2) is 31.6 Å². The number of para-hydroxylation sites is 2. The molecule has 0 spiro atoms. The molecule has 0 aliphatic rings. The highest BCUT2D eigenvalue weighted by Gasteiger charge is 2.13. The summed E-state index contributed by atoms with van der Waals surface area (Å²) in [5.74, 6) is 0. The van der Waals surface area contributed by atoms with Crippen molar-refractivity contribution in [3.8, 4) is 0 Å². The van der Waals surface area contributed by atoms with Gasteiger partial charge >= 0.3 is 0 Å². The van der Waals surface area contributed by atoms with E-state index in [9.17, 15) is 0 Å². The second-order valence-electron chi connectivity index (χ2n) is 5.09. The van der Waals surface area contributed by atoms with Crippen molar-refractivity contribution in [1.82, 2.24) is 4.90 Å². The molecule has 0 radical (unpaired) electrons. The summed E-state index contributed by atoms with van der Waals surface area (Å²) in [6, 6.07) is 21.6. The monoisotopic (exact) mass is 254 g/mol. The van der Waals surface area contributed by atoms with Gasteiger partial charge in [0.15, 0.2) is 0 Å². The standard InChI is InChI=1S/C17H22N2/c1-15(18(2)3)14-19(16-10-6-4-7-11-16)17-12-8-5-9-13-17/h4-13,15H,14H2,1-3H3. The van der Waals surface area contributed by atoms with Gasteiger partial charge in [-0.15, -0.1) is 0 Å². The molecule has 2 aromatic rings. The Labute approximate surface area is 116 Å². The molecule has 0 heterocycles. The summed E-state index contributed by atoms with van der Waals surface area (Å²) in [5.41, 5.74) is 2.48. The van der Waals surface area contributed by atoms with E-state index in [1.807, 2.05) is 0 Å². The largest absolute Gasteiger partial charge is 0.340 e. The highest BCUT2D eigenvalue weighted by atomic mass is 15.2. The third-order valence-electron chi connectivity index (χ3n) is 3.46. The second-order valence-corrected chi connectivity index (χ2v) is 5.09. The minimum Gasteiger partial charge on any atom is -0.340 e. The fourth-order valence-corrected chi connectivity index (χ4v) is 2.00. The van der Waals surface area contributed by atoms with Crippen LogP contribution in [-0.2, 0) is 0 Å². The van der Waals surface area contributed by atoms with Gasteiger partial charge in [0.1, 0.15) is 0 Å². The van der Waals surface area contributed by atoms with E-state index in [4.69, 9.17) is 0 Å². The number of rotatable bonds is 5. The van der Waals surface area contributed by atoms with E-state index in [0.29, 0.717) is 6.04 Å². The first-order valence-electron chi connectivity index (χ1n) is 6.72. The lowest BCUT2D eigenvalue weighted by Crippen LogP contribution is -2.36. The van der Waals surface area contributed by atoms with Crippen molar-refractivity contribution in [1.29, 1.82) is 0 Å². The van der Waals surface area contributed by atoms with Gasteiger partial charge in [0.25, 0.3) is 0 Å². The van der Waals surface area contributed by atoms with Crippen molar-refractivity contribution >= 4 is 11.4 Å². The molecule has 0 fully saturated rings. The molecule has 0 aliphatic carbocycles. The lowest BCUT2D eigenvalue weighted by molar-refractivity contribution is 0.319. The van der Waals surface area contributed by atoms with Gasteiger partial charge in [-0.3, -0.25) is 0 Å². The molecule has 0 aromatic heterocycles. The second kappa shape index (κ2) is 6.39. The molecule has 0 bridgehead atoms. The molecule has 1 atom stereocenters. The van der Waals surface area contributed by atoms with Crippen molar-refractivity contribution in [2.24, 2.45) is 0 Å². The van der Waals surface area contributed by atoms with E-state index in [0.717, 1.165) is 6.54 Å². The molecule has 100 valence electrons. The molecular formula is C17H22N2. The molecule has 0 amide bonds. The molecule has 2 heteroatoms. The maximum atomic E-state index is 2.37. The fraction of sp³-hybridized carbons (Fsp3) is 0.294. The highest BCUT2D eigenvalue weighted by Crippen LogP contribution is 2.25. The Morgan fingerprint density at radius 1 is 0.789 bits per heavy atom. The van der Waals surface area contributed by atoms with E-state index >= 15 is 0 Å². The summed E-state index contributed by atoms with van der Waals surface area (Å²) in [6.45, 7) is 3.22. The first kappa shape index (κ1) is 13.6. The van der Waals surface area contributed by atoms with Crippen molar-refractivity contribution in [3.63, 3.8) is 0 Å². The van der Waals surface area contributed by atoms with Gasteiger partial charge in [0, 0.05) is 24.0 Å². The summed E-state index contributed by atoms with van der Waals surface area (Å²) < 4.78 is 0. The van der Waals surface area contributed by atoms with Crippen LogP contribution in [0.2, 0.25) is 0 Å². The number of hydrogen-bond donors (Lipinski definition) is 0. The summed E-state index contributed by atoms with van der Waals surface area (Å²) in [7, 11) is 4.25. The van der Waals surface area contributed by atoms with Crippen LogP contribution in [0, 0.1) is 0 Å². The maximum Gasteiger partial charge on any atom is 0.0411 e. The molecule has 2 nitrogen and oxygen atoms in total. The van der Waals surface area contributed by atoms with E-state index in [2.05, 4.69) is 91.5 Å². The van der Waals surface area contributed by atoms with E-state index in [1.165, 1.54) is 11.4 Å². The van der Waals surface area contributed by atoms with Crippen LogP contribution >= 0.6 is 0 Å². The lowest BCUT2D eigenvalue weighted by atomic mass is 10.2. The van der Waals surface area contributed by atoms with Gasteiger partial charge in [0.2, 0.25) is 0 Å². The van der Waals surface area contributed by atoms with Crippen LogP contribution in [0.15, 0.2) is 60.7 Å². The smallest absolute Gasteiger partial charge is 0.0411 e. The molecule has 1 unspecified atom stereocenters. The molecule has 2 rings (SSSR count). The number of hydrogen-bond acceptors (Lipinski definition) is 2. The Kier molecular flexibility index (Phi) is 4.58. The summed E-state index contributed by atoms with van der Waals surface area (Å²) in [6.07, 6.45) is 0. The third-order valence-corrected chi connectivity index (χ3v) is 3.46. The van der Waals surface area contributed by atoms with E-state index in [-0.39, 0.29) is 0 Å². The predicted octanol–water partition coefficient (Wildman–Crippen LogP) is 3.77. The van der Waals surface area contributed by atoms with Crippen LogP contribution in [0.1, 0.15) is 6.92 Å². The summed E-state index contributed by atoms with van der Waals surface area (Å²) in [4.78, 5) is 4.61. The van der Waals surface area contributed by atoms with Gasteiger partial charge in [-0.05, 0) is 45.3 Å². The van der Waals surface area contributed by atoms with E-state index < -0.39 is 0 Å². The molecule has 0 N–H and O–H groups in total. The quantitative estimate of drug-likeness (QED) is 0.801. The number of likely N-dealkylation sites (N-methyl/N-ethyl adjacent to an activating group) is 1. The first-order valence-corrected chi connectivity index (χ1v) is 6.72. The summed E-state index contributed by atoms with van der Waals surface area (Å²) >= 11 is 0. The van der Waals surface area contributed by atoms with Crippen LogP contribution in [0.5, 0.6) is 0 Å². The first-order chi connectivity index (χ1) is 9.18. The topological polar surface area (TPSA) is 6.48 Å². The third kappa shape index (κ3) is 3.58. The number of benzene rings is 2. The zero-order chi connectivity index (χ0) is 13.7. The van der Waals surface area contributed by atoms with Gasteiger partial charge in [-0.2, -0.15) is 0 Å². The minimum atomic E-state index is 0.486. The Morgan fingerprint density at radius 3 is 1.58 bits per heavy atom. The predicted molar refractivity (Wildman–Crippen MR) is 83.0 cm³/mol. The summed E-state index contributed by atoms with van der Waals surface area (Å²) in [5, 5.41) is 0. The zero-order valence-corrected chi connectivity index (χ0v) is 12.0. The Balaban J connectivity index is 2.29. The molecule has 0 saturated carbocycles. The van der Waals surface area contributed by atoms with Crippen molar-refractivity contribution in [3.05, 3.63) is 60.7 Å². The van der Waals surface area contributed by atoms with Crippen molar-refractivity contribution in [2.75, 3.05) is 25.5 Å². The van der Waals surface area contributed by atoms with Crippen LogP contribution in [0.4, 0.5) is 11.4 Å². The maximum absolute atomic E-state index is 2.37. The fourth-order valence-electron chi connectivity index (χ4n) is 2.00. The number of nitrogens with zero attached hydrogens (tertiary/aromatic N) is 2. The lowest BCUT2D eigenvalue weighted by Gasteiger charge is -2.31. The van der Waals surface area contributed by atoms with Gasteiger partial charge in [-0.25, -0.2) is 0 Å². The molecular weight excluding hydrogens is 232 g/mol. The molecule has 19 heavy (non-hydrogen) atoms. The normalized spacial score (nSPS) is 12.4. The van der Waals surface area contributed by atoms with Crippen molar-refractivity contribution in [2.45, 2.75) is 13.0 Å². The zero-order valence-electron chi connectivity index (χ0n) is 12.0. The molecule has 2 aromatic carbocycles. The van der Waals surface area contributed by atoms with Gasteiger partial charge in [-0.1, -0.05) is 36.4 Å². The molecule has 0 saturated heterocycles. The van der Waals surface area contributed by atoms with Gasteiger partial charge in [0.05, 0.1) is 0 Å². The van der Waals surface area contributed by atoms with E-state index in [1.54, 1.807) is 0 Å². The Hall–Kier alpha value is -1.80. The van der Waals surface area contributed by atoms with Gasteiger partial charge < -0.3 is 9.80 Å². The Bertz CT molecular complexity index is 440. The molecule has 0 aliphatic heterocycles. The SMILES string of the molecule is CC(CN(c1ccccc1)c1ccccc1)N(C)C. The average molecular weight is 254 g/mol. The highest BCUT2D eigenvalue weighted by molar-refractivity contribution is 5.63. The number of anilines is 2.